The van der Waals surface area contributed by atoms with Gasteiger partial charge in [0.05, 0.1) is 18.5 Å². The third-order valence-corrected chi connectivity index (χ3v) is 3.20. The van der Waals surface area contributed by atoms with Crippen molar-refractivity contribution in [1.29, 1.82) is 0 Å². The number of aromatic nitrogens is 2. The molecule has 4 nitrogen and oxygen atoms in total. The number of nitrogens with two attached hydrogens (primary N) is 1. The Morgan fingerprint density at radius 1 is 1.21 bits per heavy atom. The lowest BCUT2D eigenvalue weighted by Crippen LogP contribution is -2.00. The summed E-state index contributed by atoms with van der Waals surface area (Å²) in [6.45, 7) is 0.574. The molecule has 19 heavy (non-hydrogen) atoms. The topological polar surface area (TPSA) is 57.0 Å². The van der Waals surface area contributed by atoms with E-state index in [-0.39, 0.29) is 0 Å². The molecule has 0 spiro atoms. The predicted octanol–water partition coefficient (Wildman–Crippen LogP) is 3.43. The average molecular weight is 274 g/mol. The van der Waals surface area contributed by atoms with Crippen LogP contribution in [-0.4, -0.2) is 9.78 Å². The van der Waals surface area contributed by atoms with Crippen LogP contribution in [-0.2, 0) is 6.54 Å². The van der Waals surface area contributed by atoms with Crippen LogP contribution in [0.5, 0.6) is 0 Å². The Kier molecular flexibility index (Phi) is 3.01. The Morgan fingerprint density at radius 3 is 2.79 bits per heavy atom. The van der Waals surface area contributed by atoms with Gasteiger partial charge in [0.1, 0.15) is 0 Å². The standard InChI is InChI=1S/C14H12ClN3O/c15-11-5-2-1-4-10(11)8-18-9-12(16)14(17-18)13-6-3-7-19-13/h1-7,9H,8,16H2. The maximum absolute atomic E-state index is 6.13. The zero-order valence-corrected chi connectivity index (χ0v) is 10.8. The zero-order valence-electron chi connectivity index (χ0n) is 10.1. The van der Waals surface area contributed by atoms with Crippen LogP contribution in [0.2, 0.25) is 5.02 Å². The molecule has 0 unspecified atom stereocenters. The number of anilines is 1. The molecule has 5 heteroatoms. The fourth-order valence-electron chi connectivity index (χ4n) is 1.92. The van der Waals surface area contributed by atoms with E-state index in [2.05, 4.69) is 5.10 Å². The number of rotatable bonds is 3. The molecule has 2 heterocycles. The van der Waals surface area contributed by atoms with Gasteiger partial charge in [0.15, 0.2) is 11.5 Å². The van der Waals surface area contributed by atoms with Crippen molar-refractivity contribution in [2.45, 2.75) is 6.54 Å². The molecule has 0 saturated heterocycles. The van der Waals surface area contributed by atoms with E-state index in [9.17, 15) is 0 Å². The fraction of sp³-hybridized carbons (Fsp3) is 0.0714. The summed E-state index contributed by atoms with van der Waals surface area (Å²) in [5.74, 6) is 0.662. The molecule has 96 valence electrons. The largest absolute Gasteiger partial charge is 0.463 e. The molecule has 0 aliphatic rings. The summed E-state index contributed by atoms with van der Waals surface area (Å²) in [5, 5.41) is 5.15. The molecule has 0 saturated carbocycles. The van der Waals surface area contributed by atoms with Gasteiger partial charge >= 0.3 is 0 Å². The number of nitrogens with zero attached hydrogens (tertiary/aromatic N) is 2. The molecule has 0 amide bonds. The van der Waals surface area contributed by atoms with Gasteiger partial charge in [-0.2, -0.15) is 5.10 Å². The van der Waals surface area contributed by atoms with E-state index in [1.54, 1.807) is 17.1 Å². The van der Waals surface area contributed by atoms with Crippen LogP contribution in [0.15, 0.2) is 53.3 Å². The average Bonchev–Trinajstić information content (AvgIpc) is 3.01. The smallest absolute Gasteiger partial charge is 0.156 e. The van der Waals surface area contributed by atoms with Crippen LogP contribution < -0.4 is 5.73 Å². The number of halogens is 1. The predicted molar refractivity (Wildman–Crippen MR) is 74.9 cm³/mol. The molecule has 0 fully saturated rings. The van der Waals surface area contributed by atoms with Crippen molar-refractivity contribution in [3.05, 3.63) is 59.4 Å². The van der Waals surface area contributed by atoms with E-state index in [4.69, 9.17) is 21.8 Å². The summed E-state index contributed by atoms with van der Waals surface area (Å²) in [4.78, 5) is 0. The van der Waals surface area contributed by atoms with Crippen molar-refractivity contribution < 1.29 is 4.42 Å². The van der Waals surface area contributed by atoms with E-state index in [1.807, 2.05) is 36.4 Å². The first-order chi connectivity index (χ1) is 9.24. The Balaban J connectivity index is 1.91. The Bertz CT molecular complexity index is 689. The van der Waals surface area contributed by atoms with Gasteiger partial charge in [0, 0.05) is 11.2 Å². The van der Waals surface area contributed by atoms with E-state index in [1.165, 1.54) is 0 Å². The first-order valence-corrected chi connectivity index (χ1v) is 6.22. The third-order valence-electron chi connectivity index (χ3n) is 2.83. The summed E-state index contributed by atoms with van der Waals surface area (Å²) < 4.78 is 7.06. The SMILES string of the molecule is Nc1cn(Cc2ccccc2Cl)nc1-c1ccco1. The first-order valence-electron chi connectivity index (χ1n) is 5.84. The lowest BCUT2D eigenvalue weighted by atomic mass is 10.2. The van der Waals surface area contributed by atoms with E-state index in [0.717, 1.165) is 10.6 Å². The third kappa shape index (κ3) is 2.35. The first kappa shape index (κ1) is 11.9. The van der Waals surface area contributed by atoms with Gasteiger partial charge in [-0.05, 0) is 23.8 Å². The highest BCUT2D eigenvalue weighted by Crippen LogP contribution is 2.25. The highest BCUT2D eigenvalue weighted by molar-refractivity contribution is 6.31. The van der Waals surface area contributed by atoms with E-state index in [0.29, 0.717) is 23.7 Å². The van der Waals surface area contributed by atoms with Crippen LogP contribution in [0, 0.1) is 0 Å². The van der Waals surface area contributed by atoms with Gasteiger partial charge in [0.25, 0.3) is 0 Å². The molecular weight excluding hydrogens is 262 g/mol. The van der Waals surface area contributed by atoms with E-state index < -0.39 is 0 Å². The fourth-order valence-corrected chi connectivity index (χ4v) is 2.12. The minimum Gasteiger partial charge on any atom is -0.463 e. The zero-order chi connectivity index (χ0) is 13.2. The molecule has 2 N–H and O–H groups in total. The van der Waals surface area contributed by atoms with Crippen LogP contribution in [0.4, 0.5) is 5.69 Å². The molecule has 0 radical (unpaired) electrons. The molecule has 0 atom stereocenters. The van der Waals surface area contributed by atoms with Crippen LogP contribution in [0.3, 0.4) is 0 Å². The lowest BCUT2D eigenvalue weighted by molar-refractivity contribution is 0.576. The number of benzene rings is 1. The molecule has 1 aromatic carbocycles. The van der Waals surface area contributed by atoms with Gasteiger partial charge in [-0.1, -0.05) is 29.8 Å². The number of hydrogen-bond donors (Lipinski definition) is 1. The monoisotopic (exact) mass is 273 g/mol. The summed E-state index contributed by atoms with van der Waals surface area (Å²) in [6.07, 6.45) is 3.38. The second-order valence-corrected chi connectivity index (χ2v) is 4.61. The Labute approximate surface area is 115 Å². The number of hydrogen-bond acceptors (Lipinski definition) is 3. The number of furan rings is 1. The van der Waals surface area contributed by atoms with Crippen LogP contribution in [0.1, 0.15) is 5.56 Å². The lowest BCUT2D eigenvalue weighted by Gasteiger charge is -2.03. The van der Waals surface area contributed by atoms with Crippen LogP contribution >= 0.6 is 11.6 Å². The minimum absolute atomic E-state index is 0.574. The van der Waals surface area contributed by atoms with Crippen LogP contribution in [0.25, 0.3) is 11.5 Å². The molecule has 0 bridgehead atoms. The summed E-state index contributed by atoms with van der Waals surface area (Å²) in [6, 6.07) is 11.3. The maximum atomic E-state index is 6.13. The second kappa shape index (κ2) is 4.82. The van der Waals surface area contributed by atoms with Crippen molar-refractivity contribution in [3.63, 3.8) is 0 Å². The molecule has 2 aromatic heterocycles. The van der Waals surface area contributed by atoms with Gasteiger partial charge in [-0.25, -0.2) is 0 Å². The number of nitrogen functional groups attached to an aromatic ring is 1. The van der Waals surface area contributed by atoms with Crippen molar-refractivity contribution in [2.24, 2.45) is 0 Å². The molecule has 0 aliphatic heterocycles. The molecule has 0 aliphatic carbocycles. The Morgan fingerprint density at radius 2 is 2.05 bits per heavy atom. The van der Waals surface area contributed by atoms with Crippen molar-refractivity contribution in [3.8, 4) is 11.5 Å². The summed E-state index contributed by atoms with van der Waals surface area (Å²) >= 11 is 6.13. The van der Waals surface area contributed by atoms with Crippen molar-refractivity contribution in [1.82, 2.24) is 9.78 Å². The van der Waals surface area contributed by atoms with Crippen molar-refractivity contribution >= 4 is 17.3 Å². The van der Waals surface area contributed by atoms with Gasteiger partial charge in [-0.15, -0.1) is 0 Å². The summed E-state index contributed by atoms with van der Waals surface area (Å²) in [5.41, 5.74) is 8.18. The highest BCUT2D eigenvalue weighted by atomic mass is 35.5. The molecular formula is C14H12ClN3O. The van der Waals surface area contributed by atoms with E-state index >= 15 is 0 Å². The maximum Gasteiger partial charge on any atom is 0.156 e. The molecule has 3 rings (SSSR count). The Hall–Kier alpha value is -2.20. The molecule has 3 aromatic rings. The highest BCUT2D eigenvalue weighted by Gasteiger charge is 2.11. The van der Waals surface area contributed by atoms with Crippen molar-refractivity contribution in [2.75, 3.05) is 5.73 Å². The minimum atomic E-state index is 0.574. The second-order valence-electron chi connectivity index (χ2n) is 4.20. The normalized spacial score (nSPS) is 10.8. The van der Waals surface area contributed by atoms with Gasteiger partial charge in [0.2, 0.25) is 0 Å². The van der Waals surface area contributed by atoms with Gasteiger partial charge < -0.3 is 10.2 Å². The van der Waals surface area contributed by atoms with Gasteiger partial charge in [-0.3, -0.25) is 4.68 Å². The summed E-state index contributed by atoms with van der Waals surface area (Å²) in [7, 11) is 0. The quantitative estimate of drug-likeness (QED) is 0.795.